The van der Waals surface area contributed by atoms with Gasteiger partial charge in [0.15, 0.2) is 5.41 Å². The van der Waals surface area contributed by atoms with Crippen LogP contribution in [0.4, 0.5) is 0 Å². The summed E-state index contributed by atoms with van der Waals surface area (Å²) in [5, 5.41) is 0. The summed E-state index contributed by atoms with van der Waals surface area (Å²) in [4.78, 5) is 26.4. The molecule has 4 atom stereocenters. The summed E-state index contributed by atoms with van der Waals surface area (Å²) in [6.45, 7) is 7.89. The second-order valence-corrected chi connectivity index (χ2v) is 8.07. The molecule has 1 heterocycles. The first kappa shape index (κ1) is 18.8. The second kappa shape index (κ2) is 6.50. The van der Waals surface area contributed by atoms with Gasteiger partial charge >= 0.3 is 11.9 Å². The standard InChI is InChI=1S/C23H26O5/c1-5-15-7-8-16(6-2)23(15)13-22(20(24)27-4,21(25)28-23)19-12-14-11-17(26-3)9-10-18(14)19/h5-6,9-11,15-16,19H,1-2,7-8,12-13H2,3-4H3/t15-,16-,19?,22-/m1/s1. The molecule has 1 saturated heterocycles. The second-order valence-electron chi connectivity index (χ2n) is 8.07. The number of esters is 2. The van der Waals surface area contributed by atoms with Crippen LogP contribution in [0.5, 0.6) is 5.75 Å². The minimum Gasteiger partial charge on any atom is -0.497 e. The van der Waals surface area contributed by atoms with Crippen LogP contribution >= 0.6 is 0 Å². The fourth-order valence-corrected chi connectivity index (χ4v) is 5.59. The quantitative estimate of drug-likeness (QED) is 0.443. The van der Waals surface area contributed by atoms with E-state index in [1.807, 2.05) is 30.4 Å². The number of benzene rings is 1. The van der Waals surface area contributed by atoms with Crippen molar-refractivity contribution in [3.05, 3.63) is 54.6 Å². The minimum absolute atomic E-state index is 0.00129. The molecule has 0 aromatic heterocycles. The molecule has 5 heteroatoms. The molecule has 0 bridgehead atoms. The van der Waals surface area contributed by atoms with Gasteiger partial charge in [0.1, 0.15) is 11.4 Å². The first-order valence-electron chi connectivity index (χ1n) is 9.70. The summed E-state index contributed by atoms with van der Waals surface area (Å²) in [7, 11) is 2.96. The third-order valence-corrected chi connectivity index (χ3v) is 7.11. The molecule has 0 radical (unpaired) electrons. The van der Waals surface area contributed by atoms with Gasteiger partial charge in [-0.3, -0.25) is 9.59 Å². The number of carbonyl (C=O) groups excluding carboxylic acids is 2. The lowest BCUT2D eigenvalue weighted by Crippen LogP contribution is -2.47. The maximum atomic E-state index is 13.3. The first-order chi connectivity index (χ1) is 13.5. The Balaban J connectivity index is 1.79. The highest BCUT2D eigenvalue weighted by Gasteiger charge is 2.70. The summed E-state index contributed by atoms with van der Waals surface area (Å²) in [5.74, 6) is -0.485. The van der Waals surface area contributed by atoms with E-state index in [1.165, 1.54) is 7.11 Å². The average molecular weight is 382 g/mol. The van der Waals surface area contributed by atoms with Crippen molar-refractivity contribution >= 4 is 11.9 Å². The lowest BCUT2D eigenvalue weighted by Gasteiger charge is -2.41. The van der Waals surface area contributed by atoms with Crippen LogP contribution in [0, 0.1) is 17.3 Å². The van der Waals surface area contributed by atoms with Crippen LogP contribution in [0.3, 0.4) is 0 Å². The third-order valence-electron chi connectivity index (χ3n) is 7.11. The number of carbonyl (C=O) groups is 2. The summed E-state index contributed by atoms with van der Waals surface area (Å²) in [6.07, 6.45) is 6.35. The summed E-state index contributed by atoms with van der Waals surface area (Å²) < 4.78 is 16.5. The Labute approximate surface area is 165 Å². The Kier molecular flexibility index (Phi) is 4.36. The monoisotopic (exact) mass is 382 g/mol. The predicted octanol–water partition coefficient (Wildman–Crippen LogP) is 3.58. The van der Waals surface area contributed by atoms with Crippen molar-refractivity contribution in [2.45, 2.75) is 37.2 Å². The van der Waals surface area contributed by atoms with Crippen LogP contribution in [0.2, 0.25) is 0 Å². The molecule has 1 saturated carbocycles. The molecule has 0 amide bonds. The Bertz CT molecular complexity index is 841. The number of ether oxygens (including phenoxy) is 3. The van der Waals surface area contributed by atoms with Gasteiger partial charge in [0.25, 0.3) is 0 Å². The van der Waals surface area contributed by atoms with Crippen LogP contribution in [0.1, 0.15) is 36.3 Å². The number of rotatable bonds is 5. The molecule has 3 aliphatic rings. The van der Waals surface area contributed by atoms with Crippen LogP contribution in [0.15, 0.2) is 43.5 Å². The van der Waals surface area contributed by atoms with E-state index < -0.39 is 23.0 Å². The van der Waals surface area contributed by atoms with Gasteiger partial charge in [0, 0.05) is 24.2 Å². The normalized spacial score (nSPS) is 32.2. The molecule has 4 rings (SSSR count). The Morgan fingerprint density at radius 3 is 2.43 bits per heavy atom. The van der Waals surface area contributed by atoms with Crippen molar-refractivity contribution in [2.24, 2.45) is 17.3 Å². The molecule has 1 aromatic carbocycles. The van der Waals surface area contributed by atoms with E-state index in [1.54, 1.807) is 7.11 Å². The molecular formula is C23H26O5. The zero-order valence-electron chi connectivity index (χ0n) is 16.4. The Hall–Kier alpha value is -2.56. The predicted molar refractivity (Wildman–Crippen MR) is 104 cm³/mol. The number of hydrogen-bond donors (Lipinski definition) is 0. The van der Waals surface area contributed by atoms with Crippen LogP contribution < -0.4 is 4.74 Å². The van der Waals surface area contributed by atoms with Crippen molar-refractivity contribution in [1.29, 1.82) is 0 Å². The van der Waals surface area contributed by atoms with E-state index in [2.05, 4.69) is 13.2 Å². The van der Waals surface area contributed by atoms with E-state index in [0.29, 0.717) is 12.8 Å². The topological polar surface area (TPSA) is 61.8 Å². The maximum Gasteiger partial charge on any atom is 0.324 e. The molecule has 1 unspecified atom stereocenters. The van der Waals surface area contributed by atoms with Crippen molar-refractivity contribution in [3.8, 4) is 5.75 Å². The molecule has 28 heavy (non-hydrogen) atoms. The van der Waals surface area contributed by atoms with Crippen molar-refractivity contribution < 1.29 is 23.8 Å². The summed E-state index contributed by atoms with van der Waals surface area (Å²) in [5.41, 5.74) is -0.0166. The number of hydrogen-bond acceptors (Lipinski definition) is 5. The Morgan fingerprint density at radius 1 is 1.21 bits per heavy atom. The number of fused-ring (bicyclic) bond motifs is 1. The highest BCUT2D eigenvalue weighted by molar-refractivity contribution is 6.03. The maximum absolute atomic E-state index is 13.3. The van der Waals surface area contributed by atoms with Crippen molar-refractivity contribution in [1.82, 2.24) is 0 Å². The highest BCUT2D eigenvalue weighted by Crippen LogP contribution is 2.62. The SMILES string of the molecule is C=C[C@@H]1CC[C@@H](C=C)C12C[C@](C(=O)OC)(C1Cc3cc(OC)ccc31)C(=O)O2. The van der Waals surface area contributed by atoms with Crippen LogP contribution in [0.25, 0.3) is 0 Å². The van der Waals surface area contributed by atoms with Gasteiger partial charge in [0.2, 0.25) is 0 Å². The van der Waals surface area contributed by atoms with Crippen molar-refractivity contribution in [2.75, 3.05) is 14.2 Å². The van der Waals surface area contributed by atoms with Gasteiger partial charge in [-0.1, -0.05) is 18.2 Å². The largest absolute Gasteiger partial charge is 0.497 e. The fourth-order valence-electron chi connectivity index (χ4n) is 5.59. The molecule has 2 aliphatic carbocycles. The van der Waals surface area contributed by atoms with Crippen molar-refractivity contribution in [3.63, 3.8) is 0 Å². The average Bonchev–Trinajstić information content (AvgIpc) is 3.18. The van der Waals surface area contributed by atoms with Gasteiger partial charge in [-0.05, 0) is 42.5 Å². The van der Waals surface area contributed by atoms with E-state index >= 15 is 0 Å². The molecule has 148 valence electrons. The first-order valence-corrected chi connectivity index (χ1v) is 9.70. The lowest BCUT2D eigenvalue weighted by molar-refractivity contribution is -0.167. The molecular weight excluding hydrogens is 356 g/mol. The lowest BCUT2D eigenvalue weighted by atomic mass is 9.58. The zero-order chi connectivity index (χ0) is 20.1. The molecule has 1 spiro atoms. The Morgan fingerprint density at radius 2 is 1.89 bits per heavy atom. The van der Waals surface area contributed by atoms with Gasteiger partial charge in [-0.15, -0.1) is 13.2 Å². The molecule has 1 aromatic rings. The number of methoxy groups -OCH3 is 2. The van der Waals surface area contributed by atoms with Gasteiger partial charge < -0.3 is 14.2 Å². The molecule has 5 nitrogen and oxygen atoms in total. The van der Waals surface area contributed by atoms with Gasteiger partial charge in [-0.25, -0.2) is 0 Å². The highest BCUT2D eigenvalue weighted by atomic mass is 16.6. The van der Waals surface area contributed by atoms with E-state index in [-0.39, 0.29) is 17.8 Å². The molecule has 1 aliphatic heterocycles. The van der Waals surface area contributed by atoms with Gasteiger partial charge in [0.05, 0.1) is 14.2 Å². The van der Waals surface area contributed by atoms with E-state index in [4.69, 9.17) is 14.2 Å². The van der Waals surface area contributed by atoms with Crippen LogP contribution in [-0.4, -0.2) is 31.8 Å². The third kappa shape index (κ3) is 2.25. The van der Waals surface area contributed by atoms with Crippen LogP contribution in [-0.2, 0) is 25.5 Å². The van der Waals surface area contributed by atoms with E-state index in [0.717, 1.165) is 29.7 Å². The fraction of sp³-hybridized carbons (Fsp3) is 0.478. The van der Waals surface area contributed by atoms with Gasteiger partial charge in [-0.2, -0.15) is 0 Å². The summed E-state index contributed by atoms with van der Waals surface area (Å²) in [6, 6.07) is 5.76. The molecule has 0 N–H and O–H groups in total. The minimum atomic E-state index is -1.33. The molecule has 2 fully saturated rings. The summed E-state index contributed by atoms with van der Waals surface area (Å²) >= 11 is 0. The van der Waals surface area contributed by atoms with E-state index in [9.17, 15) is 9.59 Å². The smallest absolute Gasteiger partial charge is 0.324 e. The zero-order valence-corrected chi connectivity index (χ0v) is 16.4.